The maximum atomic E-state index is 10.5. The molecule has 0 saturated carbocycles. The largest absolute Gasteiger partial charge is 0.492 e. The van der Waals surface area contributed by atoms with Crippen molar-refractivity contribution in [3.05, 3.63) is 59.7 Å². The Balaban J connectivity index is 0.000000238. The Kier molecular flexibility index (Phi) is 7.09. The lowest BCUT2D eigenvalue weighted by Crippen LogP contribution is -2.10. The summed E-state index contributed by atoms with van der Waals surface area (Å²) in [5, 5.41) is 17.0. The first-order valence-corrected chi connectivity index (χ1v) is 6.69. The Labute approximate surface area is 133 Å². The Hall–Kier alpha value is -3.06. The van der Waals surface area contributed by atoms with Gasteiger partial charge in [-0.3, -0.25) is 0 Å². The van der Waals surface area contributed by atoms with E-state index in [1.807, 2.05) is 0 Å². The van der Waals surface area contributed by atoms with E-state index in [-0.39, 0.29) is 11.1 Å². The van der Waals surface area contributed by atoms with Crippen molar-refractivity contribution in [2.45, 2.75) is 0 Å². The van der Waals surface area contributed by atoms with Gasteiger partial charge in [0.25, 0.3) is 0 Å². The van der Waals surface area contributed by atoms with E-state index in [2.05, 4.69) is 0 Å². The van der Waals surface area contributed by atoms with Crippen molar-refractivity contribution >= 4 is 17.6 Å². The number of hydrogen-bond acceptors (Lipinski definition) is 5. The monoisotopic (exact) mass is 318 g/mol. The van der Waals surface area contributed by atoms with E-state index in [4.69, 9.17) is 26.4 Å². The third-order valence-corrected chi connectivity index (χ3v) is 2.65. The quantitative estimate of drug-likeness (QED) is 0.616. The molecular formula is C16H18N2O5. The minimum atomic E-state index is -0.939. The smallest absolute Gasteiger partial charge is 0.335 e. The number of nitrogens with two attached hydrogens (primary N) is 2. The second-order valence-corrected chi connectivity index (χ2v) is 4.39. The molecule has 0 atom stereocenters. The van der Waals surface area contributed by atoms with Gasteiger partial charge in [0.05, 0.1) is 11.1 Å². The van der Waals surface area contributed by atoms with Crippen molar-refractivity contribution in [3.8, 4) is 5.75 Å². The van der Waals surface area contributed by atoms with Crippen LogP contribution in [-0.4, -0.2) is 35.3 Å². The Bertz CT molecular complexity index is 639. The zero-order valence-corrected chi connectivity index (χ0v) is 12.3. The molecular weight excluding hydrogens is 300 g/mol. The number of carboxylic acids is 2. The van der Waals surface area contributed by atoms with Crippen LogP contribution in [0.15, 0.2) is 48.5 Å². The average Bonchev–Trinajstić information content (AvgIpc) is 2.54. The fourth-order valence-corrected chi connectivity index (χ4v) is 1.50. The number of carbonyl (C=O) groups is 2. The molecule has 7 nitrogen and oxygen atoms in total. The molecule has 0 radical (unpaired) electrons. The molecule has 0 heterocycles. The van der Waals surface area contributed by atoms with E-state index in [0.29, 0.717) is 24.6 Å². The maximum absolute atomic E-state index is 10.5. The van der Waals surface area contributed by atoms with Gasteiger partial charge in [-0.1, -0.05) is 0 Å². The summed E-state index contributed by atoms with van der Waals surface area (Å²) in [6, 6.07) is 12.3. The van der Waals surface area contributed by atoms with Gasteiger partial charge in [-0.2, -0.15) is 0 Å². The summed E-state index contributed by atoms with van der Waals surface area (Å²) in [7, 11) is 0. The highest BCUT2D eigenvalue weighted by molar-refractivity contribution is 5.88. The molecule has 122 valence electrons. The van der Waals surface area contributed by atoms with Gasteiger partial charge in [0.15, 0.2) is 0 Å². The molecule has 0 aliphatic heterocycles. The molecule has 23 heavy (non-hydrogen) atoms. The number of benzene rings is 2. The van der Waals surface area contributed by atoms with Crippen LogP contribution in [0.25, 0.3) is 0 Å². The first-order chi connectivity index (χ1) is 10.9. The molecule has 0 amide bonds. The maximum Gasteiger partial charge on any atom is 0.335 e. The molecule has 0 aliphatic rings. The summed E-state index contributed by atoms with van der Waals surface area (Å²) >= 11 is 0. The number of rotatable bonds is 5. The van der Waals surface area contributed by atoms with Crippen LogP contribution in [0.3, 0.4) is 0 Å². The SMILES string of the molecule is NCCOc1ccc(C(=O)O)cc1.Nc1ccc(C(=O)O)cc1. The molecule has 2 rings (SSSR count). The number of nitrogen functional groups attached to an aromatic ring is 1. The fraction of sp³-hybridized carbons (Fsp3) is 0.125. The molecule has 7 heteroatoms. The molecule has 0 bridgehead atoms. The molecule has 0 saturated heterocycles. The van der Waals surface area contributed by atoms with Gasteiger partial charge >= 0.3 is 11.9 Å². The number of anilines is 1. The number of hydrogen-bond donors (Lipinski definition) is 4. The van der Waals surface area contributed by atoms with Gasteiger partial charge < -0.3 is 26.4 Å². The van der Waals surface area contributed by atoms with E-state index < -0.39 is 11.9 Å². The fourth-order valence-electron chi connectivity index (χ4n) is 1.50. The normalized spacial score (nSPS) is 9.43. The topological polar surface area (TPSA) is 136 Å². The molecule has 2 aromatic carbocycles. The summed E-state index contributed by atoms with van der Waals surface area (Å²) in [5.74, 6) is -1.24. The number of aromatic carboxylic acids is 2. The van der Waals surface area contributed by atoms with Crippen molar-refractivity contribution in [2.24, 2.45) is 5.73 Å². The lowest BCUT2D eigenvalue weighted by atomic mass is 10.2. The third kappa shape index (κ3) is 6.49. The number of carboxylic acid groups (broad SMARTS) is 2. The highest BCUT2D eigenvalue weighted by Gasteiger charge is 2.01. The van der Waals surface area contributed by atoms with Crippen LogP contribution in [-0.2, 0) is 0 Å². The van der Waals surface area contributed by atoms with E-state index >= 15 is 0 Å². The van der Waals surface area contributed by atoms with Crippen molar-refractivity contribution in [2.75, 3.05) is 18.9 Å². The van der Waals surface area contributed by atoms with Crippen molar-refractivity contribution < 1.29 is 24.5 Å². The Morgan fingerprint density at radius 3 is 1.70 bits per heavy atom. The Morgan fingerprint density at radius 1 is 0.870 bits per heavy atom. The average molecular weight is 318 g/mol. The van der Waals surface area contributed by atoms with Crippen molar-refractivity contribution in [3.63, 3.8) is 0 Å². The summed E-state index contributed by atoms with van der Waals surface area (Å²) < 4.78 is 5.17. The van der Waals surface area contributed by atoms with Crippen LogP contribution in [0.4, 0.5) is 5.69 Å². The number of ether oxygens (including phenoxy) is 1. The predicted molar refractivity (Wildman–Crippen MR) is 85.8 cm³/mol. The molecule has 0 fully saturated rings. The van der Waals surface area contributed by atoms with E-state index in [9.17, 15) is 9.59 Å². The van der Waals surface area contributed by atoms with Crippen LogP contribution in [0.1, 0.15) is 20.7 Å². The summed E-state index contributed by atoms with van der Waals surface area (Å²) in [5.41, 5.74) is 11.7. The first-order valence-electron chi connectivity index (χ1n) is 6.69. The van der Waals surface area contributed by atoms with Crippen LogP contribution in [0.2, 0.25) is 0 Å². The molecule has 0 spiro atoms. The van der Waals surface area contributed by atoms with Crippen LogP contribution in [0, 0.1) is 0 Å². The van der Waals surface area contributed by atoms with Crippen LogP contribution >= 0.6 is 0 Å². The van der Waals surface area contributed by atoms with Crippen molar-refractivity contribution in [1.82, 2.24) is 0 Å². The van der Waals surface area contributed by atoms with E-state index in [1.54, 1.807) is 24.3 Å². The minimum Gasteiger partial charge on any atom is -0.492 e. The highest BCUT2D eigenvalue weighted by atomic mass is 16.5. The zero-order chi connectivity index (χ0) is 17.2. The standard InChI is InChI=1S/C9H11NO3.C7H7NO2/c10-5-6-13-8-3-1-7(2-4-8)9(11)12;8-6-3-1-5(2-4-6)7(9)10/h1-4H,5-6,10H2,(H,11,12);1-4H,8H2,(H,9,10). The predicted octanol–water partition coefficient (Wildman–Crippen LogP) is 1.69. The van der Waals surface area contributed by atoms with E-state index in [1.165, 1.54) is 24.3 Å². The Morgan fingerprint density at radius 2 is 1.30 bits per heavy atom. The van der Waals surface area contributed by atoms with Crippen LogP contribution < -0.4 is 16.2 Å². The molecule has 2 aromatic rings. The summed E-state index contributed by atoms with van der Waals surface area (Å²) in [4.78, 5) is 20.7. The zero-order valence-electron chi connectivity index (χ0n) is 12.3. The molecule has 0 aromatic heterocycles. The highest BCUT2D eigenvalue weighted by Crippen LogP contribution is 2.11. The van der Waals surface area contributed by atoms with Gasteiger partial charge in [0.2, 0.25) is 0 Å². The molecule has 0 unspecified atom stereocenters. The minimum absolute atomic E-state index is 0.250. The van der Waals surface area contributed by atoms with Gasteiger partial charge in [-0.05, 0) is 48.5 Å². The van der Waals surface area contributed by atoms with Gasteiger partial charge in [0, 0.05) is 12.2 Å². The van der Waals surface area contributed by atoms with Crippen LogP contribution in [0.5, 0.6) is 5.75 Å². The first kappa shape index (κ1) is 18.0. The molecule has 6 N–H and O–H groups in total. The summed E-state index contributed by atoms with van der Waals surface area (Å²) in [6.07, 6.45) is 0. The van der Waals surface area contributed by atoms with Crippen molar-refractivity contribution in [1.29, 1.82) is 0 Å². The third-order valence-electron chi connectivity index (χ3n) is 2.65. The molecule has 0 aliphatic carbocycles. The summed E-state index contributed by atoms with van der Waals surface area (Å²) in [6.45, 7) is 0.882. The second kappa shape index (κ2) is 9.06. The van der Waals surface area contributed by atoms with E-state index in [0.717, 1.165) is 0 Å². The lowest BCUT2D eigenvalue weighted by Gasteiger charge is -2.03. The van der Waals surface area contributed by atoms with Gasteiger partial charge in [-0.25, -0.2) is 9.59 Å². The second-order valence-electron chi connectivity index (χ2n) is 4.39. The lowest BCUT2D eigenvalue weighted by molar-refractivity contribution is 0.0686. The van der Waals surface area contributed by atoms with Gasteiger partial charge in [0.1, 0.15) is 12.4 Å². The van der Waals surface area contributed by atoms with Gasteiger partial charge in [-0.15, -0.1) is 0 Å².